The number of halogens is 5. The predicted molar refractivity (Wildman–Crippen MR) is 57.2 cm³/mol. The molecule has 0 aliphatic heterocycles. The second kappa shape index (κ2) is 4.24. The molecule has 0 saturated heterocycles. The van der Waals surface area contributed by atoms with Gasteiger partial charge in [0.2, 0.25) is 0 Å². The third-order valence-electron chi connectivity index (χ3n) is 1.67. The van der Waals surface area contributed by atoms with Gasteiger partial charge in [-0.1, -0.05) is 23.7 Å². The quantitative estimate of drug-likeness (QED) is 0.781. The van der Waals surface area contributed by atoms with Gasteiger partial charge in [0.1, 0.15) is 6.04 Å². The standard InChI is InChI=1S/C8H6ClF3IN/c9-5-3-1-2-4(6(5)13)7(14)8(10,11)12/h1-3,7H,14H2. The molecule has 0 aliphatic rings. The largest absolute Gasteiger partial charge is 0.407 e. The first-order chi connectivity index (χ1) is 6.34. The fourth-order valence-electron chi connectivity index (χ4n) is 0.937. The molecule has 6 heteroatoms. The van der Waals surface area contributed by atoms with Crippen molar-refractivity contribution >= 4 is 34.2 Å². The Bertz CT molecular complexity index is 340. The maximum absolute atomic E-state index is 12.3. The molecule has 0 fully saturated rings. The second-order valence-corrected chi connectivity index (χ2v) is 4.15. The third-order valence-corrected chi connectivity index (χ3v) is 3.51. The lowest BCUT2D eigenvalue weighted by molar-refractivity contribution is -0.149. The Morgan fingerprint density at radius 3 is 2.43 bits per heavy atom. The maximum atomic E-state index is 12.3. The molecule has 2 N–H and O–H groups in total. The highest BCUT2D eigenvalue weighted by atomic mass is 127. The first kappa shape index (κ1) is 12.1. The van der Waals surface area contributed by atoms with Gasteiger partial charge < -0.3 is 5.73 Å². The van der Waals surface area contributed by atoms with Crippen molar-refractivity contribution in [2.45, 2.75) is 12.2 Å². The van der Waals surface area contributed by atoms with Gasteiger partial charge in [0.05, 0.1) is 5.02 Å². The Balaban J connectivity index is 3.14. The van der Waals surface area contributed by atoms with Gasteiger partial charge in [-0.15, -0.1) is 0 Å². The van der Waals surface area contributed by atoms with Crippen LogP contribution in [0.3, 0.4) is 0 Å². The van der Waals surface area contributed by atoms with Crippen LogP contribution in [0.5, 0.6) is 0 Å². The van der Waals surface area contributed by atoms with Crippen LogP contribution in [0.2, 0.25) is 5.02 Å². The summed E-state index contributed by atoms with van der Waals surface area (Å²) in [5, 5.41) is 0.280. The van der Waals surface area contributed by atoms with Gasteiger partial charge in [0.15, 0.2) is 0 Å². The molecule has 78 valence electrons. The fraction of sp³-hybridized carbons (Fsp3) is 0.250. The SMILES string of the molecule is NC(c1cccc(Cl)c1I)C(F)(F)F. The minimum atomic E-state index is -4.44. The molecular formula is C8H6ClF3IN. The number of nitrogens with two attached hydrogens (primary N) is 1. The summed E-state index contributed by atoms with van der Waals surface area (Å²) >= 11 is 7.43. The molecule has 0 saturated carbocycles. The van der Waals surface area contributed by atoms with E-state index in [4.69, 9.17) is 17.3 Å². The third kappa shape index (κ3) is 2.52. The van der Waals surface area contributed by atoms with E-state index in [2.05, 4.69) is 0 Å². The number of benzene rings is 1. The molecule has 1 unspecified atom stereocenters. The molecule has 0 bridgehead atoms. The molecule has 0 aromatic heterocycles. The van der Waals surface area contributed by atoms with Crippen molar-refractivity contribution in [2.24, 2.45) is 5.73 Å². The van der Waals surface area contributed by atoms with Crippen LogP contribution in [0.4, 0.5) is 13.2 Å². The molecule has 1 atom stereocenters. The molecule has 14 heavy (non-hydrogen) atoms. The summed E-state index contributed by atoms with van der Waals surface area (Å²) in [5.74, 6) is 0. The molecule has 1 rings (SSSR count). The van der Waals surface area contributed by atoms with Crippen molar-refractivity contribution < 1.29 is 13.2 Å². The summed E-state index contributed by atoms with van der Waals surface area (Å²) in [6.45, 7) is 0. The van der Waals surface area contributed by atoms with E-state index in [0.717, 1.165) is 0 Å². The Morgan fingerprint density at radius 2 is 1.93 bits per heavy atom. The normalized spacial score (nSPS) is 14.1. The van der Waals surface area contributed by atoms with E-state index in [0.29, 0.717) is 3.57 Å². The summed E-state index contributed by atoms with van der Waals surface area (Å²) in [7, 11) is 0. The lowest BCUT2D eigenvalue weighted by atomic mass is 10.1. The monoisotopic (exact) mass is 335 g/mol. The van der Waals surface area contributed by atoms with Crippen LogP contribution in [0.1, 0.15) is 11.6 Å². The summed E-state index contributed by atoms with van der Waals surface area (Å²) in [6.07, 6.45) is -4.44. The highest BCUT2D eigenvalue weighted by Crippen LogP contribution is 2.34. The lowest BCUT2D eigenvalue weighted by Crippen LogP contribution is -2.29. The van der Waals surface area contributed by atoms with E-state index in [1.165, 1.54) is 18.2 Å². The molecule has 0 aliphatic carbocycles. The van der Waals surface area contributed by atoms with Gasteiger partial charge in [0, 0.05) is 3.57 Å². The number of hydrogen-bond donors (Lipinski definition) is 1. The first-order valence-electron chi connectivity index (χ1n) is 3.60. The van der Waals surface area contributed by atoms with Gasteiger partial charge in [-0.25, -0.2) is 0 Å². The highest BCUT2D eigenvalue weighted by molar-refractivity contribution is 14.1. The zero-order valence-electron chi connectivity index (χ0n) is 6.78. The van der Waals surface area contributed by atoms with Crippen LogP contribution < -0.4 is 5.73 Å². The van der Waals surface area contributed by atoms with Gasteiger partial charge in [-0.3, -0.25) is 0 Å². The minimum absolute atomic E-state index is 0.00519. The average molecular weight is 335 g/mol. The van der Waals surface area contributed by atoms with E-state index in [9.17, 15) is 13.2 Å². The lowest BCUT2D eigenvalue weighted by Gasteiger charge is -2.17. The van der Waals surface area contributed by atoms with E-state index in [-0.39, 0.29) is 10.6 Å². The number of alkyl halides is 3. The Hall–Kier alpha value is -0.0100. The van der Waals surface area contributed by atoms with Crippen LogP contribution in [0.25, 0.3) is 0 Å². The highest BCUT2D eigenvalue weighted by Gasteiger charge is 2.38. The van der Waals surface area contributed by atoms with Gasteiger partial charge in [0.25, 0.3) is 0 Å². The average Bonchev–Trinajstić information content (AvgIpc) is 2.07. The topological polar surface area (TPSA) is 26.0 Å². The van der Waals surface area contributed by atoms with E-state index >= 15 is 0 Å². The van der Waals surface area contributed by atoms with Gasteiger partial charge in [-0.05, 0) is 34.2 Å². The zero-order valence-corrected chi connectivity index (χ0v) is 9.69. The van der Waals surface area contributed by atoms with Crippen LogP contribution in [-0.4, -0.2) is 6.18 Å². The maximum Gasteiger partial charge on any atom is 0.407 e. The zero-order chi connectivity index (χ0) is 10.9. The summed E-state index contributed by atoms with van der Waals surface area (Å²) in [5.41, 5.74) is 5.06. The Kier molecular flexibility index (Phi) is 3.65. The van der Waals surface area contributed by atoms with Crippen molar-refractivity contribution in [3.8, 4) is 0 Å². The first-order valence-corrected chi connectivity index (χ1v) is 5.06. The van der Waals surface area contributed by atoms with Crippen LogP contribution in [0.15, 0.2) is 18.2 Å². The van der Waals surface area contributed by atoms with E-state index < -0.39 is 12.2 Å². The van der Waals surface area contributed by atoms with E-state index in [1.54, 1.807) is 22.6 Å². The van der Waals surface area contributed by atoms with Crippen molar-refractivity contribution in [3.05, 3.63) is 32.4 Å². The molecule has 1 nitrogen and oxygen atoms in total. The predicted octanol–water partition coefficient (Wildman–Crippen LogP) is 3.51. The smallest absolute Gasteiger partial charge is 0.316 e. The van der Waals surface area contributed by atoms with Crippen molar-refractivity contribution in [3.63, 3.8) is 0 Å². The van der Waals surface area contributed by atoms with Crippen molar-refractivity contribution in [1.82, 2.24) is 0 Å². The second-order valence-electron chi connectivity index (χ2n) is 2.66. The fourth-order valence-corrected chi connectivity index (χ4v) is 1.81. The van der Waals surface area contributed by atoms with Crippen LogP contribution in [0, 0.1) is 3.57 Å². The minimum Gasteiger partial charge on any atom is -0.316 e. The molecule has 0 heterocycles. The Labute approximate surface area is 97.6 Å². The summed E-state index contributed by atoms with van der Waals surface area (Å²) < 4.78 is 37.2. The van der Waals surface area contributed by atoms with Gasteiger partial charge >= 0.3 is 6.18 Å². The molecular weight excluding hydrogens is 329 g/mol. The van der Waals surface area contributed by atoms with E-state index in [1.807, 2.05) is 0 Å². The molecule has 0 spiro atoms. The molecule has 1 aromatic carbocycles. The van der Waals surface area contributed by atoms with Gasteiger partial charge in [-0.2, -0.15) is 13.2 Å². The molecule has 1 aromatic rings. The number of hydrogen-bond acceptors (Lipinski definition) is 1. The summed E-state index contributed by atoms with van der Waals surface area (Å²) in [4.78, 5) is 0. The van der Waals surface area contributed by atoms with Crippen molar-refractivity contribution in [1.29, 1.82) is 0 Å². The molecule has 0 radical (unpaired) electrons. The molecule has 0 amide bonds. The van der Waals surface area contributed by atoms with Crippen molar-refractivity contribution in [2.75, 3.05) is 0 Å². The van der Waals surface area contributed by atoms with Crippen LogP contribution >= 0.6 is 34.2 Å². The van der Waals surface area contributed by atoms with Crippen LogP contribution in [-0.2, 0) is 0 Å². The summed E-state index contributed by atoms with van der Waals surface area (Å²) in [6, 6.07) is 2.32. The number of rotatable bonds is 1. The Morgan fingerprint density at radius 1 is 1.36 bits per heavy atom.